The van der Waals surface area contributed by atoms with Crippen LogP contribution in [0.15, 0.2) is 17.0 Å². The molecule has 2 heterocycles. The molecule has 3 rings (SSSR count). The second-order valence-electron chi connectivity index (χ2n) is 6.58. The molecule has 0 unspecified atom stereocenters. The van der Waals surface area contributed by atoms with E-state index in [-0.39, 0.29) is 5.91 Å². The first kappa shape index (κ1) is 18.6. The minimum absolute atomic E-state index is 0.0286. The number of thiocarbonyl (C=S) groups is 1. The number of ether oxygens (including phenoxy) is 1. The topological polar surface area (TPSA) is 32.8 Å². The smallest absolute Gasteiger partial charge is 0.266 e. The van der Waals surface area contributed by atoms with Crippen molar-refractivity contribution in [3.8, 4) is 0 Å². The normalized spacial score (nSPS) is 20.8. The molecule has 1 amide bonds. The zero-order valence-electron chi connectivity index (χ0n) is 15.0. The summed E-state index contributed by atoms with van der Waals surface area (Å²) in [7, 11) is 0. The molecule has 4 nitrogen and oxygen atoms in total. The average Bonchev–Trinajstić information content (AvgIpc) is 2.85. The van der Waals surface area contributed by atoms with Gasteiger partial charge in [-0.15, -0.1) is 0 Å². The van der Waals surface area contributed by atoms with Gasteiger partial charge in [0.05, 0.1) is 18.1 Å². The minimum atomic E-state index is 0.0286. The van der Waals surface area contributed by atoms with E-state index in [2.05, 4.69) is 37.8 Å². The molecular weight excluding hydrogens is 352 g/mol. The Morgan fingerprint density at radius 2 is 1.80 bits per heavy atom. The van der Waals surface area contributed by atoms with Gasteiger partial charge in [-0.3, -0.25) is 14.6 Å². The van der Waals surface area contributed by atoms with E-state index >= 15 is 0 Å². The Labute approximate surface area is 159 Å². The van der Waals surface area contributed by atoms with E-state index in [1.165, 1.54) is 28.5 Å². The van der Waals surface area contributed by atoms with Gasteiger partial charge in [0.1, 0.15) is 4.32 Å². The van der Waals surface area contributed by atoms with E-state index in [9.17, 15) is 4.79 Å². The maximum absolute atomic E-state index is 12.8. The van der Waals surface area contributed by atoms with Gasteiger partial charge < -0.3 is 4.74 Å². The van der Waals surface area contributed by atoms with Crippen molar-refractivity contribution in [1.82, 2.24) is 9.80 Å². The number of amides is 1. The molecule has 134 valence electrons. The van der Waals surface area contributed by atoms with E-state index in [1.54, 1.807) is 4.90 Å². The number of benzene rings is 1. The monoisotopic (exact) mass is 376 g/mol. The van der Waals surface area contributed by atoms with Gasteiger partial charge in [0.25, 0.3) is 5.91 Å². The van der Waals surface area contributed by atoms with Crippen molar-refractivity contribution >= 4 is 40.3 Å². The lowest BCUT2D eigenvalue weighted by atomic mass is 10.0. The standard InChI is InChI=1S/C19H24N2O2S2/c1-13-10-15(3)16(11-14(13)2)12-17-18(22)21(19(24)25-17)5-4-20-6-8-23-9-7-20/h10-12H,4-9H2,1-3H3. The van der Waals surface area contributed by atoms with Crippen LogP contribution in [0.1, 0.15) is 22.3 Å². The van der Waals surface area contributed by atoms with Crippen LogP contribution in [0, 0.1) is 20.8 Å². The lowest BCUT2D eigenvalue weighted by molar-refractivity contribution is -0.122. The molecule has 1 aromatic carbocycles. The molecule has 2 aliphatic heterocycles. The van der Waals surface area contributed by atoms with Gasteiger partial charge >= 0.3 is 0 Å². The van der Waals surface area contributed by atoms with Crippen molar-refractivity contribution in [2.75, 3.05) is 39.4 Å². The zero-order chi connectivity index (χ0) is 18.0. The Balaban J connectivity index is 1.71. The predicted molar refractivity (Wildman–Crippen MR) is 108 cm³/mol. The van der Waals surface area contributed by atoms with E-state index in [0.717, 1.165) is 43.3 Å². The highest BCUT2D eigenvalue weighted by Gasteiger charge is 2.32. The first-order valence-corrected chi connectivity index (χ1v) is 9.81. The summed E-state index contributed by atoms with van der Waals surface area (Å²) in [6.07, 6.45) is 1.98. The molecule has 25 heavy (non-hydrogen) atoms. The van der Waals surface area contributed by atoms with Gasteiger partial charge in [-0.2, -0.15) is 0 Å². The third-order valence-corrected chi connectivity index (χ3v) is 6.16. The summed E-state index contributed by atoms with van der Waals surface area (Å²) in [5.74, 6) is 0.0286. The Hall–Kier alpha value is -1.21. The van der Waals surface area contributed by atoms with Crippen LogP contribution in [0.2, 0.25) is 0 Å². The lowest BCUT2D eigenvalue weighted by Crippen LogP contribution is -2.42. The Morgan fingerprint density at radius 3 is 2.52 bits per heavy atom. The molecule has 2 aliphatic rings. The number of carbonyl (C=O) groups excluding carboxylic acids is 1. The Bertz CT molecular complexity index is 724. The predicted octanol–water partition coefficient (Wildman–Crippen LogP) is 3.15. The second kappa shape index (κ2) is 7.99. The Kier molecular flexibility index (Phi) is 5.94. The molecule has 0 saturated carbocycles. The number of rotatable bonds is 4. The van der Waals surface area contributed by atoms with E-state index in [0.29, 0.717) is 10.9 Å². The number of carbonyl (C=O) groups is 1. The van der Waals surface area contributed by atoms with Crippen molar-refractivity contribution in [3.63, 3.8) is 0 Å². The molecule has 6 heteroatoms. The van der Waals surface area contributed by atoms with Gasteiger partial charge in [0.15, 0.2) is 0 Å². The second-order valence-corrected chi connectivity index (χ2v) is 8.26. The van der Waals surface area contributed by atoms with E-state index < -0.39 is 0 Å². The first-order chi connectivity index (χ1) is 12.0. The van der Waals surface area contributed by atoms with Crippen LogP contribution in [0.4, 0.5) is 0 Å². The zero-order valence-corrected chi connectivity index (χ0v) is 16.6. The van der Waals surface area contributed by atoms with Crippen LogP contribution in [0.5, 0.6) is 0 Å². The number of aryl methyl sites for hydroxylation is 3. The molecule has 0 radical (unpaired) electrons. The fourth-order valence-corrected chi connectivity index (χ4v) is 4.34. The molecule has 0 N–H and O–H groups in total. The summed E-state index contributed by atoms with van der Waals surface area (Å²) in [5, 5.41) is 0. The average molecular weight is 377 g/mol. The van der Waals surface area contributed by atoms with Crippen LogP contribution in [0.3, 0.4) is 0 Å². The summed E-state index contributed by atoms with van der Waals surface area (Å²) in [6, 6.07) is 4.31. The molecule has 0 bridgehead atoms. The van der Waals surface area contributed by atoms with Crippen LogP contribution < -0.4 is 0 Å². The van der Waals surface area contributed by atoms with Gasteiger partial charge in [-0.1, -0.05) is 36.1 Å². The van der Waals surface area contributed by atoms with Crippen LogP contribution >= 0.6 is 24.0 Å². The number of morpholine rings is 1. The van der Waals surface area contributed by atoms with E-state index in [4.69, 9.17) is 17.0 Å². The van der Waals surface area contributed by atoms with Crippen molar-refractivity contribution in [2.24, 2.45) is 0 Å². The molecule has 0 spiro atoms. The number of hydrogen-bond acceptors (Lipinski definition) is 5. The van der Waals surface area contributed by atoms with Gasteiger partial charge in [-0.05, 0) is 49.1 Å². The molecule has 0 aliphatic carbocycles. The SMILES string of the molecule is Cc1cc(C)c(C=C2SC(=S)N(CCN3CCOCC3)C2=O)cc1C. The molecular formula is C19H24N2O2S2. The van der Waals surface area contributed by atoms with Crippen LogP contribution in [0.25, 0.3) is 6.08 Å². The van der Waals surface area contributed by atoms with Gasteiger partial charge in [0.2, 0.25) is 0 Å². The molecule has 0 atom stereocenters. The lowest BCUT2D eigenvalue weighted by Gasteiger charge is -2.28. The molecule has 2 fully saturated rings. The highest BCUT2D eigenvalue weighted by atomic mass is 32.2. The number of hydrogen-bond donors (Lipinski definition) is 0. The first-order valence-electron chi connectivity index (χ1n) is 8.59. The van der Waals surface area contributed by atoms with E-state index in [1.807, 2.05) is 6.08 Å². The maximum Gasteiger partial charge on any atom is 0.266 e. The number of nitrogens with zero attached hydrogens (tertiary/aromatic N) is 2. The highest BCUT2D eigenvalue weighted by Crippen LogP contribution is 2.33. The van der Waals surface area contributed by atoms with Crippen molar-refractivity contribution < 1.29 is 9.53 Å². The number of thioether (sulfide) groups is 1. The summed E-state index contributed by atoms with van der Waals surface area (Å²) < 4.78 is 6.02. The highest BCUT2D eigenvalue weighted by molar-refractivity contribution is 8.26. The van der Waals surface area contributed by atoms with Crippen LogP contribution in [-0.2, 0) is 9.53 Å². The summed E-state index contributed by atoms with van der Waals surface area (Å²) in [4.78, 5) is 17.5. The molecule has 2 saturated heterocycles. The van der Waals surface area contributed by atoms with Gasteiger partial charge in [-0.25, -0.2) is 0 Å². The van der Waals surface area contributed by atoms with Crippen molar-refractivity contribution in [2.45, 2.75) is 20.8 Å². The van der Waals surface area contributed by atoms with Crippen LogP contribution in [-0.4, -0.2) is 59.4 Å². The largest absolute Gasteiger partial charge is 0.379 e. The quantitative estimate of drug-likeness (QED) is 0.595. The molecule has 0 aromatic heterocycles. The summed E-state index contributed by atoms with van der Waals surface area (Å²) >= 11 is 6.85. The Morgan fingerprint density at radius 1 is 1.12 bits per heavy atom. The van der Waals surface area contributed by atoms with Crippen molar-refractivity contribution in [1.29, 1.82) is 0 Å². The minimum Gasteiger partial charge on any atom is -0.379 e. The summed E-state index contributed by atoms with van der Waals surface area (Å²) in [6.45, 7) is 11.2. The molecule has 1 aromatic rings. The fraction of sp³-hybridized carbons (Fsp3) is 0.474. The third kappa shape index (κ3) is 4.31. The fourth-order valence-electron chi connectivity index (χ4n) is 3.04. The summed E-state index contributed by atoms with van der Waals surface area (Å²) in [5.41, 5.74) is 4.78. The van der Waals surface area contributed by atoms with Crippen molar-refractivity contribution in [3.05, 3.63) is 39.3 Å². The maximum atomic E-state index is 12.8. The van der Waals surface area contributed by atoms with Gasteiger partial charge in [0, 0.05) is 26.2 Å². The third-order valence-electron chi connectivity index (χ3n) is 4.79.